The van der Waals surface area contributed by atoms with E-state index in [0.717, 1.165) is 12.0 Å². The van der Waals surface area contributed by atoms with Crippen LogP contribution in [0, 0.1) is 0 Å². The third-order valence-corrected chi connectivity index (χ3v) is 4.68. The summed E-state index contributed by atoms with van der Waals surface area (Å²) in [5.74, 6) is 0.188. The monoisotopic (exact) mass is 376 g/mol. The minimum absolute atomic E-state index is 0.0303. The number of rotatable bonds is 5. The van der Waals surface area contributed by atoms with Crippen molar-refractivity contribution in [1.29, 1.82) is 0 Å². The van der Waals surface area contributed by atoms with E-state index in [9.17, 15) is 9.59 Å². The average molecular weight is 376 g/mol. The highest BCUT2D eigenvalue weighted by atomic mass is 16.2. The zero-order valence-electron chi connectivity index (χ0n) is 15.2. The van der Waals surface area contributed by atoms with Gasteiger partial charge in [-0.1, -0.05) is 30.3 Å². The third-order valence-electron chi connectivity index (χ3n) is 4.68. The summed E-state index contributed by atoms with van der Waals surface area (Å²) in [5.41, 5.74) is 1.49. The zero-order valence-corrected chi connectivity index (χ0v) is 15.2. The molecule has 3 aromatic rings. The molecule has 28 heavy (non-hydrogen) atoms. The van der Waals surface area contributed by atoms with Crippen molar-refractivity contribution in [2.24, 2.45) is 0 Å². The van der Waals surface area contributed by atoms with Gasteiger partial charge in [0.2, 0.25) is 17.8 Å². The maximum atomic E-state index is 12.8. The van der Waals surface area contributed by atoms with Gasteiger partial charge in [-0.25, -0.2) is 14.6 Å². The van der Waals surface area contributed by atoms with Gasteiger partial charge in [0.1, 0.15) is 6.04 Å². The molecule has 142 valence electrons. The second kappa shape index (κ2) is 7.99. The molecule has 1 unspecified atom stereocenters. The summed E-state index contributed by atoms with van der Waals surface area (Å²) < 4.78 is 1.49. The fraction of sp³-hybridized carbons (Fsp3) is 0.250. The first-order valence-corrected chi connectivity index (χ1v) is 9.17. The van der Waals surface area contributed by atoms with E-state index in [1.165, 1.54) is 4.68 Å². The molecule has 0 aliphatic carbocycles. The first-order valence-electron chi connectivity index (χ1n) is 9.17. The number of anilines is 1. The minimum atomic E-state index is -0.465. The lowest BCUT2D eigenvalue weighted by molar-refractivity contribution is -0.136. The molecule has 1 N–H and O–H groups in total. The van der Waals surface area contributed by atoms with Gasteiger partial charge < -0.3 is 10.2 Å². The highest BCUT2D eigenvalue weighted by molar-refractivity contribution is 5.97. The topological polar surface area (TPSA) is 93.0 Å². The molecule has 0 saturated carbocycles. The van der Waals surface area contributed by atoms with Gasteiger partial charge in [-0.15, -0.1) is 0 Å². The van der Waals surface area contributed by atoms with Crippen LogP contribution >= 0.6 is 0 Å². The average Bonchev–Trinajstić information content (AvgIpc) is 3.39. The molecule has 0 radical (unpaired) electrons. The fourth-order valence-electron chi connectivity index (χ4n) is 3.34. The Morgan fingerprint density at radius 3 is 2.68 bits per heavy atom. The van der Waals surface area contributed by atoms with Crippen molar-refractivity contribution >= 4 is 17.5 Å². The normalized spacial score (nSPS) is 16.1. The number of aromatic nitrogens is 4. The van der Waals surface area contributed by atoms with Gasteiger partial charge in [0.25, 0.3) is 0 Å². The van der Waals surface area contributed by atoms with E-state index in [1.807, 2.05) is 30.3 Å². The number of nitrogens with one attached hydrogen (secondary N) is 1. The minimum Gasteiger partial charge on any atom is -0.330 e. The van der Waals surface area contributed by atoms with Gasteiger partial charge in [-0.2, -0.15) is 5.10 Å². The molecule has 8 heteroatoms. The number of carbonyl (C=O) groups excluding carboxylic acids is 2. The van der Waals surface area contributed by atoms with E-state index in [4.69, 9.17) is 0 Å². The summed E-state index contributed by atoms with van der Waals surface area (Å²) >= 11 is 0. The second-order valence-corrected chi connectivity index (χ2v) is 6.62. The molecule has 1 fully saturated rings. The van der Waals surface area contributed by atoms with Crippen LogP contribution in [-0.2, 0) is 16.0 Å². The van der Waals surface area contributed by atoms with Crippen molar-refractivity contribution in [2.45, 2.75) is 25.3 Å². The maximum Gasteiger partial charge on any atom is 0.250 e. The number of likely N-dealkylation sites (tertiary alicyclic amines) is 1. The van der Waals surface area contributed by atoms with E-state index in [1.54, 1.807) is 35.8 Å². The molecular weight excluding hydrogens is 356 g/mol. The molecule has 0 bridgehead atoms. The SMILES string of the molecule is O=C(Nc1cnn(-c2ncccn2)c1)C1CCCN1C(=O)Cc1ccccc1. The molecule has 1 aliphatic rings. The fourth-order valence-corrected chi connectivity index (χ4v) is 3.34. The van der Waals surface area contributed by atoms with E-state index < -0.39 is 6.04 Å². The van der Waals surface area contributed by atoms with Crippen molar-refractivity contribution in [3.05, 3.63) is 66.7 Å². The molecular formula is C20H20N6O2. The Hall–Kier alpha value is -3.55. The lowest BCUT2D eigenvalue weighted by Gasteiger charge is -2.23. The quantitative estimate of drug-likeness (QED) is 0.733. The number of amides is 2. The van der Waals surface area contributed by atoms with Crippen LogP contribution in [0.2, 0.25) is 0 Å². The molecule has 2 amide bonds. The van der Waals surface area contributed by atoms with Crippen molar-refractivity contribution in [3.63, 3.8) is 0 Å². The van der Waals surface area contributed by atoms with Crippen LogP contribution in [0.3, 0.4) is 0 Å². The predicted octanol–water partition coefficient (Wildman–Crippen LogP) is 1.83. The lowest BCUT2D eigenvalue weighted by Crippen LogP contribution is -2.43. The Morgan fingerprint density at radius 2 is 1.89 bits per heavy atom. The van der Waals surface area contributed by atoms with E-state index in [2.05, 4.69) is 20.4 Å². The van der Waals surface area contributed by atoms with E-state index in [0.29, 0.717) is 31.0 Å². The summed E-state index contributed by atoms with van der Waals surface area (Å²) in [4.78, 5) is 35.3. The number of hydrogen-bond donors (Lipinski definition) is 1. The van der Waals surface area contributed by atoms with Gasteiger partial charge >= 0.3 is 0 Å². The molecule has 0 spiro atoms. The van der Waals surface area contributed by atoms with Crippen molar-refractivity contribution in [1.82, 2.24) is 24.6 Å². The molecule has 1 atom stereocenters. The molecule has 2 aromatic heterocycles. The number of benzene rings is 1. The van der Waals surface area contributed by atoms with Gasteiger partial charge in [-0.3, -0.25) is 9.59 Å². The summed E-state index contributed by atoms with van der Waals surface area (Å²) in [6.45, 7) is 0.598. The molecule has 3 heterocycles. The van der Waals surface area contributed by atoms with Gasteiger partial charge in [-0.05, 0) is 24.5 Å². The van der Waals surface area contributed by atoms with Gasteiger partial charge in [0, 0.05) is 18.9 Å². The van der Waals surface area contributed by atoms with Crippen LogP contribution in [-0.4, -0.2) is 49.0 Å². The summed E-state index contributed by atoms with van der Waals surface area (Å²) in [5, 5.41) is 7.02. The van der Waals surface area contributed by atoms with Crippen LogP contribution < -0.4 is 5.32 Å². The maximum absolute atomic E-state index is 12.8. The van der Waals surface area contributed by atoms with Crippen LogP contribution in [0.1, 0.15) is 18.4 Å². The summed E-state index contributed by atoms with van der Waals surface area (Å²) in [6, 6.07) is 10.8. The summed E-state index contributed by atoms with van der Waals surface area (Å²) in [6.07, 6.45) is 8.21. The standard InChI is InChI=1S/C20H20N6O2/c27-18(12-15-6-2-1-3-7-15)25-11-4-8-17(25)19(28)24-16-13-23-26(14-16)20-21-9-5-10-22-20/h1-3,5-7,9-10,13-14,17H,4,8,11-12H2,(H,24,28). The molecule has 8 nitrogen and oxygen atoms in total. The van der Waals surface area contributed by atoms with Crippen molar-refractivity contribution in [2.75, 3.05) is 11.9 Å². The van der Waals surface area contributed by atoms with E-state index in [-0.39, 0.29) is 11.8 Å². The van der Waals surface area contributed by atoms with Crippen LogP contribution in [0.5, 0.6) is 0 Å². The highest BCUT2D eigenvalue weighted by Gasteiger charge is 2.34. The number of hydrogen-bond acceptors (Lipinski definition) is 5. The summed E-state index contributed by atoms with van der Waals surface area (Å²) in [7, 11) is 0. The number of carbonyl (C=O) groups is 2. The first kappa shape index (κ1) is 17.8. The second-order valence-electron chi connectivity index (χ2n) is 6.62. The first-order chi connectivity index (χ1) is 13.7. The van der Waals surface area contributed by atoms with Crippen LogP contribution in [0.25, 0.3) is 5.95 Å². The molecule has 1 saturated heterocycles. The van der Waals surface area contributed by atoms with E-state index >= 15 is 0 Å². The van der Waals surface area contributed by atoms with Crippen molar-refractivity contribution in [3.8, 4) is 5.95 Å². The van der Waals surface area contributed by atoms with Crippen LogP contribution in [0.15, 0.2) is 61.2 Å². The largest absolute Gasteiger partial charge is 0.330 e. The zero-order chi connectivity index (χ0) is 19.3. The third kappa shape index (κ3) is 3.90. The van der Waals surface area contributed by atoms with Gasteiger partial charge in [0.05, 0.1) is 24.5 Å². The molecule has 4 rings (SSSR count). The van der Waals surface area contributed by atoms with Gasteiger partial charge in [0.15, 0.2) is 0 Å². The Bertz CT molecular complexity index is 957. The highest BCUT2D eigenvalue weighted by Crippen LogP contribution is 2.21. The Morgan fingerprint density at radius 1 is 1.11 bits per heavy atom. The van der Waals surface area contributed by atoms with Crippen molar-refractivity contribution < 1.29 is 9.59 Å². The predicted molar refractivity (Wildman–Crippen MR) is 103 cm³/mol. The molecule has 1 aromatic carbocycles. The smallest absolute Gasteiger partial charge is 0.250 e. The number of nitrogens with zero attached hydrogens (tertiary/aromatic N) is 5. The molecule has 1 aliphatic heterocycles. The van der Waals surface area contributed by atoms with Crippen LogP contribution in [0.4, 0.5) is 5.69 Å². The Balaban J connectivity index is 1.41. The lowest BCUT2D eigenvalue weighted by atomic mass is 10.1. The Labute approximate surface area is 162 Å². The Kier molecular flexibility index (Phi) is 5.09.